The van der Waals surface area contributed by atoms with Gasteiger partial charge in [-0.05, 0) is 25.1 Å². The summed E-state index contributed by atoms with van der Waals surface area (Å²) < 4.78 is 10.1. The van der Waals surface area contributed by atoms with Crippen LogP contribution in [0.1, 0.15) is 12.2 Å². The van der Waals surface area contributed by atoms with Gasteiger partial charge in [0, 0.05) is 12.1 Å². The fourth-order valence-corrected chi connectivity index (χ4v) is 2.55. The molecule has 6 heteroatoms. The first-order valence-electron chi connectivity index (χ1n) is 6.94. The summed E-state index contributed by atoms with van der Waals surface area (Å²) in [4.78, 5) is 18.0. The van der Waals surface area contributed by atoms with Gasteiger partial charge in [-0.2, -0.15) is 4.98 Å². The highest BCUT2D eigenvalue weighted by Gasteiger charge is 2.29. The van der Waals surface area contributed by atoms with Crippen molar-refractivity contribution in [3.63, 3.8) is 0 Å². The molecular weight excluding hydrogens is 270 g/mol. The molecule has 1 aromatic heterocycles. The van der Waals surface area contributed by atoms with Gasteiger partial charge in [0.15, 0.2) is 5.82 Å². The van der Waals surface area contributed by atoms with Crippen LogP contribution in [0, 0.1) is 5.92 Å². The molecular formula is C15H17N3O3. The van der Waals surface area contributed by atoms with Gasteiger partial charge < -0.3 is 9.26 Å². The van der Waals surface area contributed by atoms with E-state index in [1.807, 2.05) is 30.3 Å². The number of benzene rings is 1. The molecule has 0 N–H and O–H groups in total. The molecule has 0 amide bonds. The predicted octanol–water partition coefficient (Wildman–Crippen LogP) is 1.73. The van der Waals surface area contributed by atoms with Crippen LogP contribution in [0.5, 0.6) is 0 Å². The zero-order valence-electron chi connectivity index (χ0n) is 11.9. The second-order valence-corrected chi connectivity index (χ2v) is 5.13. The monoisotopic (exact) mass is 287 g/mol. The number of aromatic nitrogens is 2. The van der Waals surface area contributed by atoms with Crippen molar-refractivity contribution < 1.29 is 14.1 Å². The van der Waals surface area contributed by atoms with Crippen molar-refractivity contribution in [1.29, 1.82) is 0 Å². The van der Waals surface area contributed by atoms with Crippen molar-refractivity contribution in [3.8, 4) is 11.5 Å². The van der Waals surface area contributed by atoms with Crippen LogP contribution < -0.4 is 0 Å². The summed E-state index contributed by atoms with van der Waals surface area (Å²) >= 11 is 0. The number of carbonyl (C=O) groups excluding carboxylic acids is 1. The Balaban J connectivity index is 1.62. The van der Waals surface area contributed by atoms with Gasteiger partial charge in [0.25, 0.3) is 5.89 Å². The van der Waals surface area contributed by atoms with E-state index in [1.165, 1.54) is 7.11 Å². The summed E-state index contributed by atoms with van der Waals surface area (Å²) in [6.07, 6.45) is 0.816. The summed E-state index contributed by atoms with van der Waals surface area (Å²) in [6, 6.07) is 9.67. The van der Waals surface area contributed by atoms with Crippen LogP contribution in [-0.4, -0.2) is 41.2 Å². The molecule has 2 aromatic rings. The van der Waals surface area contributed by atoms with Crippen LogP contribution in [-0.2, 0) is 16.1 Å². The van der Waals surface area contributed by atoms with Crippen molar-refractivity contribution in [1.82, 2.24) is 15.0 Å². The minimum atomic E-state index is -0.143. The zero-order chi connectivity index (χ0) is 14.7. The van der Waals surface area contributed by atoms with Crippen molar-refractivity contribution in [2.24, 2.45) is 5.92 Å². The van der Waals surface area contributed by atoms with Crippen molar-refractivity contribution in [2.75, 3.05) is 20.2 Å². The second-order valence-electron chi connectivity index (χ2n) is 5.13. The summed E-state index contributed by atoms with van der Waals surface area (Å²) in [5, 5.41) is 4.00. The van der Waals surface area contributed by atoms with E-state index in [4.69, 9.17) is 9.26 Å². The Kier molecular flexibility index (Phi) is 3.96. The molecule has 6 nitrogen and oxygen atoms in total. The molecule has 1 atom stereocenters. The Morgan fingerprint density at radius 1 is 1.43 bits per heavy atom. The van der Waals surface area contributed by atoms with Crippen LogP contribution in [0.4, 0.5) is 0 Å². The summed E-state index contributed by atoms with van der Waals surface area (Å²) in [5.74, 6) is 0.972. The lowest BCUT2D eigenvalue weighted by molar-refractivity contribution is -0.144. The van der Waals surface area contributed by atoms with Gasteiger partial charge in [-0.15, -0.1) is 0 Å². The highest BCUT2D eigenvalue weighted by atomic mass is 16.5. The number of esters is 1. The van der Waals surface area contributed by atoms with Crippen LogP contribution in [0.2, 0.25) is 0 Å². The maximum absolute atomic E-state index is 11.5. The number of methoxy groups -OCH3 is 1. The van der Waals surface area contributed by atoms with Crippen LogP contribution in [0.15, 0.2) is 34.9 Å². The topological polar surface area (TPSA) is 68.5 Å². The molecule has 0 radical (unpaired) electrons. The maximum atomic E-state index is 11.5. The normalized spacial score (nSPS) is 18.8. The Hall–Kier alpha value is -2.21. The van der Waals surface area contributed by atoms with Crippen molar-refractivity contribution in [2.45, 2.75) is 13.0 Å². The lowest BCUT2D eigenvalue weighted by atomic mass is 10.1. The molecule has 0 bridgehead atoms. The number of hydrogen-bond acceptors (Lipinski definition) is 6. The molecule has 1 unspecified atom stereocenters. The smallest absolute Gasteiger partial charge is 0.310 e. The third-order valence-corrected chi connectivity index (χ3v) is 3.66. The largest absolute Gasteiger partial charge is 0.469 e. The van der Waals surface area contributed by atoms with Crippen molar-refractivity contribution in [3.05, 3.63) is 36.2 Å². The average Bonchev–Trinajstić information content (AvgIpc) is 3.17. The predicted molar refractivity (Wildman–Crippen MR) is 75.1 cm³/mol. The Morgan fingerprint density at radius 3 is 3.00 bits per heavy atom. The Labute approximate surface area is 122 Å². The molecule has 1 saturated heterocycles. The van der Waals surface area contributed by atoms with E-state index in [0.717, 1.165) is 18.5 Å². The number of nitrogens with zero attached hydrogens (tertiary/aromatic N) is 3. The summed E-state index contributed by atoms with van der Waals surface area (Å²) in [7, 11) is 1.43. The SMILES string of the molecule is COC(=O)C1CCN(Cc2noc(-c3ccccc3)n2)C1. The molecule has 110 valence electrons. The summed E-state index contributed by atoms with van der Waals surface area (Å²) in [5.41, 5.74) is 0.908. The van der Waals surface area contributed by atoms with E-state index >= 15 is 0 Å². The molecule has 1 aliphatic rings. The second kappa shape index (κ2) is 6.05. The van der Waals surface area contributed by atoms with E-state index in [2.05, 4.69) is 15.0 Å². The molecule has 0 aliphatic carbocycles. The first-order chi connectivity index (χ1) is 10.3. The van der Waals surface area contributed by atoms with E-state index in [9.17, 15) is 4.79 Å². The van der Waals surface area contributed by atoms with Gasteiger partial charge in [-0.1, -0.05) is 23.4 Å². The van der Waals surface area contributed by atoms with E-state index in [1.54, 1.807) is 0 Å². The molecule has 1 aromatic carbocycles. The highest BCUT2D eigenvalue weighted by molar-refractivity contribution is 5.72. The third-order valence-electron chi connectivity index (χ3n) is 3.66. The Morgan fingerprint density at radius 2 is 2.24 bits per heavy atom. The molecule has 3 rings (SSSR count). The fraction of sp³-hybridized carbons (Fsp3) is 0.400. The van der Waals surface area contributed by atoms with Gasteiger partial charge >= 0.3 is 5.97 Å². The molecule has 1 aliphatic heterocycles. The maximum Gasteiger partial charge on any atom is 0.310 e. The Bertz CT molecular complexity index is 612. The minimum absolute atomic E-state index is 0.0458. The number of hydrogen-bond donors (Lipinski definition) is 0. The van der Waals surface area contributed by atoms with Crippen molar-refractivity contribution >= 4 is 5.97 Å². The first kappa shape index (κ1) is 13.8. The van der Waals surface area contributed by atoms with E-state index in [-0.39, 0.29) is 11.9 Å². The third kappa shape index (κ3) is 3.11. The highest BCUT2D eigenvalue weighted by Crippen LogP contribution is 2.21. The van der Waals surface area contributed by atoms with Gasteiger partial charge in [0.05, 0.1) is 19.6 Å². The summed E-state index contributed by atoms with van der Waals surface area (Å²) in [6.45, 7) is 2.11. The van der Waals surface area contributed by atoms with E-state index in [0.29, 0.717) is 24.8 Å². The number of likely N-dealkylation sites (tertiary alicyclic amines) is 1. The lowest BCUT2D eigenvalue weighted by Gasteiger charge is -2.12. The molecule has 1 fully saturated rings. The van der Waals surface area contributed by atoms with Crippen LogP contribution in [0.25, 0.3) is 11.5 Å². The van der Waals surface area contributed by atoms with Gasteiger partial charge in [-0.3, -0.25) is 9.69 Å². The molecule has 0 saturated carbocycles. The zero-order valence-corrected chi connectivity index (χ0v) is 11.9. The minimum Gasteiger partial charge on any atom is -0.469 e. The lowest BCUT2D eigenvalue weighted by Crippen LogP contribution is -2.24. The molecule has 21 heavy (non-hydrogen) atoms. The van der Waals surface area contributed by atoms with Gasteiger partial charge in [0.2, 0.25) is 0 Å². The standard InChI is InChI=1S/C15H17N3O3/c1-20-15(19)12-7-8-18(9-12)10-13-16-14(21-17-13)11-5-3-2-4-6-11/h2-6,12H,7-10H2,1H3. The number of ether oxygens (including phenoxy) is 1. The van der Waals surface area contributed by atoms with E-state index < -0.39 is 0 Å². The first-order valence-corrected chi connectivity index (χ1v) is 6.94. The van der Waals surface area contributed by atoms with Crippen LogP contribution in [0.3, 0.4) is 0 Å². The van der Waals surface area contributed by atoms with Gasteiger partial charge in [-0.25, -0.2) is 0 Å². The number of carbonyl (C=O) groups is 1. The number of rotatable bonds is 4. The van der Waals surface area contributed by atoms with Gasteiger partial charge in [0.1, 0.15) is 0 Å². The molecule has 2 heterocycles. The average molecular weight is 287 g/mol. The fourth-order valence-electron chi connectivity index (χ4n) is 2.55. The quantitative estimate of drug-likeness (QED) is 0.798. The molecule has 0 spiro atoms. The van der Waals surface area contributed by atoms with Crippen LogP contribution >= 0.6 is 0 Å².